The summed E-state index contributed by atoms with van der Waals surface area (Å²) in [5, 5.41) is 40.8. The molecule has 1 aliphatic heterocycles. The number of hydrogen-bond donors (Lipinski definition) is 4. The predicted octanol–water partition coefficient (Wildman–Crippen LogP) is 1.05. The van der Waals surface area contributed by atoms with Gasteiger partial charge in [0.25, 0.3) is 0 Å². The fourth-order valence-corrected chi connectivity index (χ4v) is 4.67. The van der Waals surface area contributed by atoms with E-state index < -0.39 is 36.8 Å². The van der Waals surface area contributed by atoms with Gasteiger partial charge in [-0.25, -0.2) is 0 Å². The lowest BCUT2D eigenvalue weighted by molar-refractivity contribution is -0.366. The van der Waals surface area contributed by atoms with Crippen LogP contribution in [0.2, 0.25) is 0 Å². The van der Waals surface area contributed by atoms with Gasteiger partial charge in [-0.05, 0) is 47.7 Å². The molecule has 30 heavy (non-hydrogen) atoms. The van der Waals surface area contributed by atoms with Crippen LogP contribution in [0.3, 0.4) is 0 Å². The molecule has 0 bridgehead atoms. The van der Waals surface area contributed by atoms with Crippen molar-refractivity contribution in [2.75, 3.05) is 20.8 Å². The molecule has 2 aromatic carbocycles. The van der Waals surface area contributed by atoms with Gasteiger partial charge in [0.1, 0.15) is 30.2 Å². The third kappa shape index (κ3) is 3.32. The molecule has 0 radical (unpaired) electrons. The van der Waals surface area contributed by atoms with Crippen molar-refractivity contribution in [1.29, 1.82) is 0 Å². The van der Waals surface area contributed by atoms with Crippen LogP contribution in [0, 0.1) is 0 Å². The molecule has 0 aromatic heterocycles. The monoisotopic (exact) mass is 416 g/mol. The third-order valence-electron chi connectivity index (χ3n) is 6.40. The smallest absolute Gasteiger partial charge is 0.224 e. The van der Waals surface area contributed by atoms with Gasteiger partial charge in [-0.3, -0.25) is 0 Å². The Labute approximate surface area is 175 Å². The molecule has 0 amide bonds. The maximum atomic E-state index is 10.8. The number of benzene rings is 2. The number of aliphatic hydroxyl groups excluding tert-OH is 4. The van der Waals surface area contributed by atoms with Gasteiger partial charge in [0, 0.05) is 18.6 Å². The molecule has 4 rings (SSSR count). The van der Waals surface area contributed by atoms with Crippen LogP contribution in [-0.4, -0.2) is 65.7 Å². The normalized spacial score (nSPS) is 33.3. The van der Waals surface area contributed by atoms with Gasteiger partial charge in [-0.2, -0.15) is 0 Å². The Balaban J connectivity index is 1.73. The van der Waals surface area contributed by atoms with Crippen molar-refractivity contribution in [3.63, 3.8) is 0 Å². The van der Waals surface area contributed by atoms with Crippen molar-refractivity contribution in [3.8, 4) is 5.75 Å². The number of fused-ring (bicyclic) bond motifs is 1. The highest BCUT2D eigenvalue weighted by atomic mass is 16.7. The highest BCUT2D eigenvalue weighted by Gasteiger charge is 2.55. The molecule has 2 aromatic rings. The summed E-state index contributed by atoms with van der Waals surface area (Å²) in [4.78, 5) is 0. The topological polar surface area (TPSA) is 109 Å². The van der Waals surface area contributed by atoms with Crippen LogP contribution in [0.25, 0.3) is 0 Å². The summed E-state index contributed by atoms with van der Waals surface area (Å²) in [6, 6.07) is 13.7. The van der Waals surface area contributed by atoms with Crippen LogP contribution in [0.4, 0.5) is 0 Å². The molecule has 1 saturated heterocycles. The molecule has 4 N–H and O–H groups in total. The maximum Gasteiger partial charge on any atom is 0.224 e. The lowest BCUT2D eigenvalue weighted by atomic mass is 9.85. The molecule has 7 nitrogen and oxygen atoms in total. The zero-order valence-corrected chi connectivity index (χ0v) is 17.1. The van der Waals surface area contributed by atoms with E-state index in [1.165, 1.54) is 12.7 Å². The molecule has 2 aliphatic rings. The van der Waals surface area contributed by atoms with E-state index in [0.29, 0.717) is 5.56 Å². The Morgan fingerprint density at radius 3 is 2.40 bits per heavy atom. The molecular weight excluding hydrogens is 388 g/mol. The quantitative estimate of drug-likeness (QED) is 0.577. The molecule has 0 saturated carbocycles. The zero-order chi connectivity index (χ0) is 21.5. The van der Waals surface area contributed by atoms with Gasteiger partial charge in [0.05, 0.1) is 13.7 Å². The number of methoxy groups -OCH3 is 2. The SMILES string of the molecule is COc1ccc(C2CCc3ccc(C4(OC)O[C@H](CO)[C@@H](O)[C@H](O)[C@H]4O)cc32)cc1. The van der Waals surface area contributed by atoms with Gasteiger partial charge in [-0.1, -0.05) is 24.3 Å². The van der Waals surface area contributed by atoms with E-state index in [9.17, 15) is 20.4 Å². The van der Waals surface area contributed by atoms with Gasteiger partial charge in [0.2, 0.25) is 5.79 Å². The Morgan fingerprint density at radius 2 is 1.77 bits per heavy atom. The summed E-state index contributed by atoms with van der Waals surface area (Å²) in [6.07, 6.45) is -3.68. The van der Waals surface area contributed by atoms with Crippen LogP contribution in [-0.2, 0) is 21.7 Å². The van der Waals surface area contributed by atoms with Crippen molar-refractivity contribution in [2.45, 2.75) is 49.0 Å². The van der Waals surface area contributed by atoms with Gasteiger partial charge in [-0.15, -0.1) is 0 Å². The number of aliphatic hydroxyl groups is 4. The Kier molecular flexibility index (Phi) is 5.85. The second-order valence-corrected chi connectivity index (χ2v) is 7.91. The summed E-state index contributed by atoms with van der Waals surface area (Å²) < 4.78 is 16.7. The summed E-state index contributed by atoms with van der Waals surface area (Å²) in [6.45, 7) is -0.518. The van der Waals surface area contributed by atoms with E-state index in [1.807, 2.05) is 36.4 Å². The first-order chi connectivity index (χ1) is 14.4. The van der Waals surface area contributed by atoms with Gasteiger partial charge in [0.15, 0.2) is 0 Å². The highest BCUT2D eigenvalue weighted by Crippen LogP contribution is 2.44. The first-order valence-corrected chi connectivity index (χ1v) is 10.1. The summed E-state index contributed by atoms with van der Waals surface area (Å²) >= 11 is 0. The molecule has 6 atom stereocenters. The molecule has 162 valence electrons. The van der Waals surface area contributed by atoms with Gasteiger partial charge < -0.3 is 34.6 Å². The van der Waals surface area contributed by atoms with Crippen molar-refractivity contribution >= 4 is 0 Å². The highest BCUT2D eigenvalue weighted by molar-refractivity contribution is 5.46. The molecule has 1 aliphatic carbocycles. The molecule has 7 heteroatoms. The first kappa shape index (κ1) is 21.2. The Bertz CT molecular complexity index is 882. The fraction of sp³-hybridized carbons (Fsp3) is 0.478. The summed E-state index contributed by atoms with van der Waals surface area (Å²) in [7, 11) is 3.01. The van der Waals surface area contributed by atoms with Crippen LogP contribution >= 0.6 is 0 Å². The van der Waals surface area contributed by atoms with Crippen molar-refractivity contribution in [2.24, 2.45) is 0 Å². The minimum absolute atomic E-state index is 0.171. The molecule has 1 fully saturated rings. The van der Waals surface area contributed by atoms with Crippen molar-refractivity contribution in [1.82, 2.24) is 0 Å². The molecular formula is C23H28O7. The van der Waals surface area contributed by atoms with Crippen LogP contribution in [0.15, 0.2) is 42.5 Å². The van der Waals surface area contributed by atoms with E-state index in [-0.39, 0.29) is 5.92 Å². The molecule has 1 heterocycles. The second-order valence-electron chi connectivity index (χ2n) is 7.91. The first-order valence-electron chi connectivity index (χ1n) is 10.1. The van der Waals surface area contributed by atoms with E-state index in [2.05, 4.69) is 0 Å². The second kappa shape index (κ2) is 8.26. The van der Waals surface area contributed by atoms with Crippen LogP contribution in [0.1, 0.15) is 34.6 Å². The maximum absolute atomic E-state index is 10.8. The van der Waals surface area contributed by atoms with E-state index in [4.69, 9.17) is 14.2 Å². The number of hydrogen-bond acceptors (Lipinski definition) is 7. The largest absolute Gasteiger partial charge is 0.497 e. The lowest BCUT2D eigenvalue weighted by Gasteiger charge is -2.47. The van der Waals surface area contributed by atoms with Crippen molar-refractivity contribution in [3.05, 3.63) is 64.7 Å². The number of rotatable bonds is 5. The van der Waals surface area contributed by atoms with E-state index in [0.717, 1.165) is 29.7 Å². The molecule has 0 spiro atoms. The average Bonchev–Trinajstić information content (AvgIpc) is 3.21. The van der Waals surface area contributed by atoms with E-state index in [1.54, 1.807) is 13.2 Å². The minimum Gasteiger partial charge on any atom is -0.497 e. The third-order valence-corrected chi connectivity index (χ3v) is 6.40. The van der Waals surface area contributed by atoms with E-state index >= 15 is 0 Å². The van der Waals surface area contributed by atoms with Gasteiger partial charge >= 0.3 is 0 Å². The lowest BCUT2D eigenvalue weighted by Crippen LogP contribution is -2.64. The summed E-state index contributed by atoms with van der Waals surface area (Å²) in [5.74, 6) is -0.733. The van der Waals surface area contributed by atoms with Crippen LogP contribution < -0.4 is 4.74 Å². The summed E-state index contributed by atoms with van der Waals surface area (Å²) in [5.41, 5.74) is 3.99. The zero-order valence-electron chi connectivity index (χ0n) is 17.1. The Morgan fingerprint density at radius 1 is 1.03 bits per heavy atom. The number of aryl methyl sites for hydroxylation is 1. The minimum atomic E-state index is -1.70. The molecule has 2 unspecified atom stereocenters. The standard InChI is InChI=1S/C23H28O7/c1-28-16-8-4-13(5-9-16)17-10-6-14-3-7-15(11-18(14)17)23(29-2)22(27)21(26)20(25)19(12-24)30-23/h3-5,7-9,11,17,19-22,24-27H,6,10,12H2,1-2H3/t17?,19-,20-,21+,22-,23?/m1/s1. The van der Waals surface area contributed by atoms with Crippen LogP contribution in [0.5, 0.6) is 5.75 Å². The Hall–Kier alpha value is -2.00. The predicted molar refractivity (Wildman–Crippen MR) is 108 cm³/mol. The van der Waals surface area contributed by atoms with Crippen molar-refractivity contribution < 1.29 is 34.6 Å². The average molecular weight is 416 g/mol. The number of ether oxygens (including phenoxy) is 3. The fourth-order valence-electron chi connectivity index (χ4n) is 4.67.